The molecule has 0 saturated heterocycles. The lowest BCUT2D eigenvalue weighted by Crippen LogP contribution is -2.32. The molecule has 2 heterocycles. The summed E-state index contributed by atoms with van der Waals surface area (Å²) >= 11 is 1.30. The number of fused-ring (bicyclic) bond motifs is 1. The molecule has 1 atom stereocenters. The van der Waals surface area contributed by atoms with E-state index >= 15 is 0 Å². The van der Waals surface area contributed by atoms with E-state index in [2.05, 4.69) is 52.0 Å². The molecule has 1 unspecified atom stereocenters. The first kappa shape index (κ1) is 22.5. The number of benzene rings is 2. The highest BCUT2D eigenvalue weighted by molar-refractivity contribution is 7.07. The molecule has 0 bridgehead atoms. The van der Waals surface area contributed by atoms with Crippen molar-refractivity contribution in [2.75, 3.05) is 0 Å². The molecule has 164 valence electrons. The number of allylic oxidation sites excluding steroid dienone is 1. The second-order valence-electron chi connectivity index (χ2n) is 8.89. The first-order valence-corrected chi connectivity index (χ1v) is 11.8. The summed E-state index contributed by atoms with van der Waals surface area (Å²) in [6.45, 7) is 8.54. The molecule has 1 aliphatic rings. The van der Waals surface area contributed by atoms with Crippen molar-refractivity contribution in [1.29, 1.82) is 10.5 Å². The van der Waals surface area contributed by atoms with E-state index in [1.807, 2.05) is 42.5 Å². The van der Waals surface area contributed by atoms with Crippen LogP contribution in [0.2, 0.25) is 0 Å². The van der Waals surface area contributed by atoms with Gasteiger partial charge in [-0.25, -0.2) is 0 Å². The number of nitrogens with zero attached hydrogens (tertiary/aromatic N) is 3. The minimum Gasteiger partial charge on any atom is -0.272 e. The van der Waals surface area contributed by atoms with Gasteiger partial charge in [0, 0.05) is 6.20 Å². The Hall–Kier alpha value is -3.67. The number of hydrogen-bond acceptors (Lipinski definition) is 4. The zero-order valence-corrected chi connectivity index (χ0v) is 20.0. The minimum absolute atomic E-state index is 0.211. The van der Waals surface area contributed by atoms with E-state index in [4.69, 9.17) is 0 Å². The predicted molar refractivity (Wildman–Crippen MR) is 134 cm³/mol. The van der Waals surface area contributed by atoms with E-state index < -0.39 is 5.92 Å². The van der Waals surface area contributed by atoms with Crippen LogP contribution in [0.1, 0.15) is 67.7 Å². The highest BCUT2D eigenvalue weighted by atomic mass is 32.1. The molecule has 3 aromatic rings. The van der Waals surface area contributed by atoms with Gasteiger partial charge in [0.15, 0.2) is 0 Å². The quantitative estimate of drug-likeness (QED) is 0.571. The fraction of sp³-hybridized carbons (Fsp3) is 0.250. The van der Waals surface area contributed by atoms with Gasteiger partial charge in [-0.1, -0.05) is 76.2 Å². The standard InChI is InChI=1S/C28H25N3OS/c1-17(2)20-7-5-19(6-8-20)13-25-27(32)31-16-23(14-29)26(24(15-30)28(31)33-25)22-11-9-21(10-12-22)18(3)4/h5-13,16-18,26H,1-4H3. The molecular weight excluding hydrogens is 426 g/mol. The summed E-state index contributed by atoms with van der Waals surface area (Å²) in [5.41, 5.74) is 4.86. The van der Waals surface area contributed by atoms with Crippen molar-refractivity contribution in [2.24, 2.45) is 0 Å². The van der Waals surface area contributed by atoms with Crippen LogP contribution in [0.25, 0.3) is 17.8 Å². The first-order chi connectivity index (χ1) is 15.8. The molecule has 5 heteroatoms. The van der Waals surface area contributed by atoms with Gasteiger partial charge in [0.05, 0.1) is 33.7 Å². The Kier molecular flexibility index (Phi) is 6.18. The van der Waals surface area contributed by atoms with Crippen LogP contribution in [0.4, 0.5) is 0 Å². The molecule has 1 aliphatic heterocycles. The van der Waals surface area contributed by atoms with Crippen LogP contribution in [-0.2, 0) is 0 Å². The monoisotopic (exact) mass is 451 g/mol. The van der Waals surface area contributed by atoms with Crippen molar-refractivity contribution in [3.63, 3.8) is 0 Å². The number of rotatable bonds is 4. The van der Waals surface area contributed by atoms with Crippen LogP contribution >= 0.6 is 11.3 Å². The van der Waals surface area contributed by atoms with Crippen LogP contribution in [-0.4, -0.2) is 4.57 Å². The van der Waals surface area contributed by atoms with Crippen molar-refractivity contribution in [3.05, 3.63) is 95.9 Å². The fourth-order valence-corrected chi connectivity index (χ4v) is 5.14. The Morgan fingerprint density at radius 2 is 1.48 bits per heavy atom. The molecule has 0 amide bonds. The summed E-state index contributed by atoms with van der Waals surface area (Å²) in [5, 5.41) is 19.9. The summed E-state index contributed by atoms with van der Waals surface area (Å²) in [6, 6.07) is 20.7. The van der Waals surface area contributed by atoms with Crippen LogP contribution in [0.3, 0.4) is 0 Å². The average Bonchev–Trinajstić information content (AvgIpc) is 3.13. The molecule has 2 aromatic carbocycles. The number of hydrogen-bond donors (Lipinski definition) is 0. The summed E-state index contributed by atoms with van der Waals surface area (Å²) in [5.74, 6) is 0.357. The Morgan fingerprint density at radius 1 is 0.909 bits per heavy atom. The average molecular weight is 452 g/mol. The minimum atomic E-state index is -0.475. The largest absolute Gasteiger partial charge is 0.273 e. The molecule has 4 rings (SSSR count). The Morgan fingerprint density at radius 3 is 2.00 bits per heavy atom. The number of thiazole rings is 1. The van der Waals surface area contributed by atoms with Gasteiger partial charge in [-0.3, -0.25) is 9.36 Å². The van der Waals surface area contributed by atoms with Gasteiger partial charge in [-0.05, 0) is 40.2 Å². The molecule has 1 aromatic heterocycles. The van der Waals surface area contributed by atoms with Crippen LogP contribution < -0.4 is 14.8 Å². The first-order valence-electron chi connectivity index (χ1n) is 11.0. The van der Waals surface area contributed by atoms with E-state index in [-0.39, 0.29) is 5.56 Å². The zero-order chi connectivity index (χ0) is 23.7. The van der Waals surface area contributed by atoms with Gasteiger partial charge in [-0.2, -0.15) is 10.5 Å². The normalized spacial score (nSPS) is 15.9. The fourth-order valence-electron chi connectivity index (χ4n) is 4.05. The summed E-state index contributed by atoms with van der Waals surface area (Å²) in [6.07, 6.45) is 3.44. The second kappa shape index (κ2) is 9.06. The summed E-state index contributed by atoms with van der Waals surface area (Å²) < 4.78 is 2.58. The topological polar surface area (TPSA) is 69.6 Å². The Labute approximate surface area is 197 Å². The maximum atomic E-state index is 13.1. The van der Waals surface area contributed by atoms with E-state index in [1.165, 1.54) is 27.0 Å². The summed E-state index contributed by atoms with van der Waals surface area (Å²) in [7, 11) is 0. The SMILES string of the molecule is CC(C)c1ccc(C=c2sc3n(c2=O)C=C(C#N)C(c2ccc(C(C)C)cc2)C=3C#N)cc1. The Balaban J connectivity index is 1.88. The lowest BCUT2D eigenvalue weighted by atomic mass is 9.84. The maximum absolute atomic E-state index is 13.1. The van der Waals surface area contributed by atoms with Crippen molar-refractivity contribution in [2.45, 2.75) is 45.4 Å². The molecule has 33 heavy (non-hydrogen) atoms. The Bertz CT molecular complexity index is 1490. The van der Waals surface area contributed by atoms with Crippen LogP contribution in [0, 0.1) is 22.7 Å². The maximum Gasteiger partial charge on any atom is 0.273 e. The lowest BCUT2D eigenvalue weighted by molar-refractivity contribution is 0.863. The van der Waals surface area contributed by atoms with Crippen molar-refractivity contribution < 1.29 is 0 Å². The van der Waals surface area contributed by atoms with Crippen LogP contribution in [0.15, 0.2) is 58.9 Å². The molecule has 0 N–H and O–H groups in total. The third-order valence-electron chi connectivity index (χ3n) is 6.04. The predicted octanol–water partition coefficient (Wildman–Crippen LogP) is 4.82. The highest BCUT2D eigenvalue weighted by Crippen LogP contribution is 2.34. The third kappa shape index (κ3) is 4.21. The third-order valence-corrected chi connectivity index (χ3v) is 7.16. The van der Waals surface area contributed by atoms with E-state index in [0.717, 1.165) is 11.1 Å². The van der Waals surface area contributed by atoms with Crippen molar-refractivity contribution in [1.82, 2.24) is 4.57 Å². The van der Waals surface area contributed by atoms with Gasteiger partial charge in [0.2, 0.25) is 0 Å². The number of nitriles is 2. The van der Waals surface area contributed by atoms with E-state index in [0.29, 0.717) is 32.2 Å². The highest BCUT2D eigenvalue weighted by Gasteiger charge is 2.28. The molecule has 4 nitrogen and oxygen atoms in total. The molecule has 0 fully saturated rings. The smallest absolute Gasteiger partial charge is 0.272 e. The van der Waals surface area contributed by atoms with Gasteiger partial charge in [0.25, 0.3) is 5.56 Å². The molecule has 0 spiro atoms. The summed E-state index contributed by atoms with van der Waals surface area (Å²) in [4.78, 5) is 13.1. The van der Waals surface area contributed by atoms with Crippen LogP contribution in [0.5, 0.6) is 0 Å². The van der Waals surface area contributed by atoms with Gasteiger partial charge >= 0.3 is 0 Å². The van der Waals surface area contributed by atoms with Gasteiger partial charge in [-0.15, -0.1) is 11.3 Å². The van der Waals surface area contributed by atoms with Crippen molar-refractivity contribution in [3.8, 4) is 12.1 Å². The van der Waals surface area contributed by atoms with Crippen molar-refractivity contribution >= 4 is 29.2 Å². The molecule has 0 saturated carbocycles. The second-order valence-corrected chi connectivity index (χ2v) is 9.92. The zero-order valence-electron chi connectivity index (χ0n) is 19.2. The van der Waals surface area contributed by atoms with Gasteiger partial charge < -0.3 is 0 Å². The molecular formula is C28H25N3OS. The molecule has 0 aliphatic carbocycles. The van der Waals surface area contributed by atoms with E-state index in [9.17, 15) is 15.3 Å². The van der Waals surface area contributed by atoms with Gasteiger partial charge in [0.1, 0.15) is 4.66 Å². The van der Waals surface area contributed by atoms with E-state index in [1.54, 1.807) is 6.20 Å². The lowest BCUT2D eigenvalue weighted by Gasteiger charge is -2.20. The number of aromatic nitrogens is 1. The molecule has 0 radical (unpaired) electrons.